The second kappa shape index (κ2) is 3.25. The van der Waals surface area contributed by atoms with Gasteiger partial charge in [-0.25, -0.2) is 0 Å². The third-order valence-corrected chi connectivity index (χ3v) is 3.49. The van der Waals surface area contributed by atoms with Crippen LogP contribution in [0.5, 0.6) is 0 Å². The maximum atomic E-state index is 5.62. The van der Waals surface area contributed by atoms with E-state index in [2.05, 4.69) is 26.1 Å². The molecule has 2 bridgehead atoms. The van der Waals surface area contributed by atoms with Gasteiger partial charge in [0.2, 0.25) is 0 Å². The van der Waals surface area contributed by atoms with Gasteiger partial charge in [0, 0.05) is 13.1 Å². The van der Waals surface area contributed by atoms with Gasteiger partial charge >= 0.3 is 0 Å². The van der Waals surface area contributed by atoms with Gasteiger partial charge in [0.05, 0.1) is 13.2 Å². The summed E-state index contributed by atoms with van der Waals surface area (Å²) in [5.74, 6) is 2.34. The van der Waals surface area contributed by atoms with Crippen LogP contribution in [0.1, 0.15) is 20.8 Å². The van der Waals surface area contributed by atoms with Crippen molar-refractivity contribution in [2.24, 2.45) is 23.2 Å². The summed E-state index contributed by atoms with van der Waals surface area (Å²) in [6, 6.07) is 0. The van der Waals surface area contributed by atoms with Crippen LogP contribution in [0.2, 0.25) is 0 Å². The van der Waals surface area contributed by atoms with Crippen LogP contribution in [0.4, 0.5) is 0 Å². The second-order valence-corrected chi connectivity index (χ2v) is 5.61. The molecular weight excluding hydrogens is 162 g/mol. The van der Waals surface area contributed by atoms with E-state index in [0.717, 1.165) is 44.1 Å². The van der Waals surface area contributed by atoms with Crippen LogP contribution < -0.4 is 5.32 Å². The zero-order valence-electron chi connectivity index (χ0n) is 8.97. The second-order valence-electron chi connectivity index (χ2n) is 5.61. The first-order chi connectivity index (χ1) is 6.09. The molecule has 0 aliphatic carbocycles. The lowest BCUT2D eigenvalue weighted by Gasteiger charge is -2.49. The molecule has 1 N–H and O–H groups in total. The number of piperidine rings is 1. The minimum absolute atomic E-state index is 0.446. The van der Waals surface area contributed by atoms with Crippen molar-refractivity contribution in [2.75, 3.05) is 26.3 Å². The van der Waals surface area contributed by atoms with Crippen molar-refractivity contribution >= 4 is 0 Å². The van der Waals surface area contributed by atoms with Gasteiger partial charge < -0.3 is 10.1 Å². The minimum atomic E-state index is 0.446. The van der Waals surface area contributed by atoms with Gasteiger partial charge in [0.25, 0.3) is 0 Å². The van der Waals surface area contributed by atoms with E-state index in [1.807, 2.05) is 0 Å². The Morgan fingerprint density at radius 3 is 2.00 bits per heavy atom. The van der Waals surface area contributed by atoms with E-state index in [9.17, 15) is 0 Å². The lowest BCUT2D eigenvalue weighted by Crippen LogP contribution is -2.54. The molecule has 2 aliphatic heterocycles. The van der Waals surface area contributed by atoms with Crippen molar-refractivity contribution in [1.82, 2.24) is 5.32 Å². The fourth-order valence-corrected chi connectivity index (χ4v) is 3.20. The third kappa shape index (κ3) is 1.75. The zero-order valence-corrected chi connectivity index (χ0v) is 8.97. The largest absolute Gasteiger partial charge is 0.381 e. The topological polar surface area (TPSA) is 21.3 Å². The minimum Gasteiger partial charge on any atom is -0.381 e. The number of hydrogen-bond donors (Lipinski definition) is 1. The molecule has 2 saturated heterocycles. The highest BCUT2D eigenvalue weighted by atomic mass is 16.5. The lowest BCUT2D eigenvalue weighted by atomic mass is 9.64. The van der Waals surface area contributed by atoms with Gasteiger partial charge in [-0.3, -0.25) is 0 Å². The van der Waals surface area contributed by atoms with E-state index in [4.69, 9.17) is 4.74 Å². The third-order valence-electron chi connectivity index (χ3n) is 3.49. The van der Waals surface area contributed by atoms with Gasteiger partial charge in [-0.2, -0.15) is 0 Å². The summed E-state index contributed by atoms with van der Waals surface area (Å²) in [6.45, 7) is 11.3. The van der Waals surface area contributed by atoms with Crippen molar-refractivity contribution in [3.8, 4) is 0 Å². The maximum Gasteiger partial charge on any atom is 0.0509 e. The molecule has 2 heteroatoms. The van der Waals surface area contributed by atoms with Crippen LogP contribution in [0.15, 0.2) is 0 Å². The van der Waals surface area contributed by atoms with Gasteiger partial charge in [0.1, 0.15) is 0 Å². The highest BCUT2D eigenvalue weighted by Gasteiger charge is 2.43. The van der Waals surface area contributed by atoms with E-state index in [-0.39, 0.29) is 0 Å². The molecule has 2 fully saturated rings. The first-order valence-electron chi connectivity index (χ1n) is 5.37. The molecule has 2 aliphatic rings. The molecule has 2 atom stereocenters. The Labute approximate surface area is 81.0 Å². The number of hydrogen-bond acceptors (Lipinski definition) is 2. The number of rotatable bonds is 0. The van der Waals surface area contributed by atoms with E-state index in [0.29, 0.717) is 5.41 Å². The molecule has 2 nitrogen and oxygen atoms in total. The Hall–Kier alpha value is -0.0800. The van der Waals surface area contributed by atoms with Crippen molar-refractivity contribution < 1.29 is 4.74 Å². The molecule has 2 rings (SSSR count). The van der Waals surface area contributed by atoms with Crippen LogP contribution in [0, 0.1) is 23.2 Å². The fourth-order valence-electron chi connectivity index (χ4n) is 3.20. The molecule has 0 aromatic rings. The Balaban J connectivity index is 2.15. The summed E-state index contributed by atoms with van der Waals surface area (Å²) >= 11 is 0. The van der Waals surface area contributed by atoms with E-state index < -0.39 is 0 Å². The lowest BCUT2D eigenvalue weighted by molar-refractivity contribution is -0.0843. The predicted octanol–water partition coefficient (Wildman–Crippen LogP) is 1.51. The average molecular weight is 183 g/mol. The zero-order chi connectivity index (χ0) is 9.47. The Morgan fingerprint density at radius 2 is 1.62 bits per heavy atom. The van der Waals surface area contributed by atoms with Gasteiger partial charge in [-0.05, 0) is 23.2 Å². The molecule has 0 amide bonds. The molecule has 13 heavy (non-hydrogen) atoms. The van der Waals surface area contributed by atoms with Crippen LogP contribution in [-0.2, 0) is 4.74 Å². The summed E-state index contributed by atoms with van der Waals surface area (Å²) in [7, 11) is 0. The van der Waals surface area contributed by atoms with Crippen molar-refractivity contribution in [3.05, 3.63) is 0 Å². The fraction of sp³-hybridized carbons (Fsp3) is 1.00. The van der Waals surface area contributed by atoms with Crippen LogP contribution in [-0.4, -0.2) is 26.3 Å². The number of ether oxygens (including phenoxy) is 1. The van der Waals surface area contributed by atoms with Crippen LogP contribution >= 0.6 is 0 Å². The molecule has 0 saturated carbocycles. The molecule has 2 unspecified atom stereocenters. The summed E-state index contributed by atoms with van der Waals surface area (Å²) in [5, 5.41) is 3.51. The van der Waals surface area contributed by atoms with Crippen LogP contribution in [0.3, 0.4) is 0 Å². The van der Waals surface area contributed by atoms with Crippen LogP contribution in [0.25, 0.3) is 0 Å². The molecule has 0 aromatic heterocycles. The summed E-state index contributed by atoms with van der Waals surface area (Å²) in [5.41, 5.74) is 0.446. The molecular formula is C11H21NO. The normalized spacial score (nSPS) is 40.4. The first-order valence-corrected chi connectivity index (χ1v) is 5.37. The quantitative estimate of drug-likeness (QED) is 0.614. The van der Waals surface area contributed by atoms with Crippen molar-refractivity contribution in [2.45, 2.75) is 20.8 Å². The Kier molecular flexibility index (Phi) is 2.37. The van der Waals surface area contributed by atoms with Gasteiger partial charge in [-0.15, -0.1) is 0 Å². The predicted molar refractivity (Wildman–Crippen MR) is 53.6 cm³/mol. The van der Waals surface area contributed by atoms with Crippen molar-refractivity contribution in [1.29, 1.82) is 0 Å². The molecule has 0 aromatic carbocycles. The maximum absolute atomic E-state index is 5.62. The van der Waals surface area contributed by atoms with E-state index in [1.54, 1.807) is 0 Å². The standard InChI is InChI=1S/C11H21NO/c1-11(2,3)10-8-4-12-5-9(10)7-13-6-8/h8-10,12H,4-7H2,1-3H3. The molecule has 2 heterocycles. The molecule has 0 radical (unpaired) electrons. The molecule has 0 spiro atoms. The summed E-state index contributed by atoms with van der Waals surface area (Å²) in [6.07, 6.45) is 0. The van der Waals surface area contributed by atoms with E-state index in [1.165, 1.54) is 0 Å². The summed E-state index contributed by atoms with van der Waals surface area (Å²) in [4.78, 5) is 0. The smallest absolute Gasteiger partial charge is 0.0509 e. The Morgan fingerprint density at radius 1 is 1.08 bits per heavy atom. The summed E-state index contributed by atoms with van der Waals surface area (Å²) < 4.78 is 5.62. The SMILES string of the molecule is CC(C)(C)C1C2CNCC1COC2. The van der Waals surface area contributed by atoms with Gasteiger partial charge in [0.15, 0.2) is 0 Å². The van der Waals surface area contributed by atoms with Crippen molar-refractivity contribution in [3.63, 3.8) is 0 Å². The number of nitrogens with one attached hydrogen (secondary N) is 1. The first kappa shape index (κ1) is 9.47. The number of fused-ring (bicyclic) bond motifs is 2. The van der Waals surface area contributed by atoms with Gasteiger partial charge in [-0.1, -0.05) is 20.8 Å². The monoisotopic (exact) mass is 183 g/mol. The highest BCUT2D eigenvalue weighted by Crippen LogP contribution is 2.42. The molecule has 76 valence electrons. The Bertz CT molecular complexity index is 163. The average Bonchev–Trinajstić information content (AvgIpc) is 2.01. The highest BCUT2D eigenvalue weighted by molar-refractivity contribution is 4.93. The van der Waals surface area contributed by atoms with E-state index >= 15 is 0 Å².